The van der Waals surface area contributed by atoms with Crippen LogP contribution in [0.4, 0.5) is 17.2 Å². The summed E-state index contributed by atoms with van der Waals surface area (Å²) in [6.45, 7) is 6.97. The maximum absolute atomic E-state index is 5.04. The lowest BCUT2D eigenvalue weighted by Gasteiger charge is -2.43. The Hall–Kier alpha value is -2.88. The molecule has 0 bridgehead atoms. The van der Waals surface area contributed by atoms with Crippen molar-refractivity contribution in [3.63, 3.8) is 0 Å². The summed E-state index contributed by atoms with van der Waals surface area (Å²) in [7, 11) is 2.19. The molecule has 6 rings (SSSR count). The molecule has 3 aromatic rings. The van der Waals surface area contributed by atoms with E-state index in [4.69, 9.17) is 9.97 Å². The number of aromatic nitrogens is 2. The molecule has 0 radical (unpaired) electrons. The summed E-state index contributed by atoms with van der Waals surface area (Å²) in [5, 5.41) is 0. The molecule has 28 heavy (non-hydrogen) atoms. The van der Waals surface area contributed by atoms with Crippen LogP contribution in [0.5, 0.6) is 0 Å². The SMILES string of the molecule is Cc1ccccc1-c1ncc2c(n1)N(C)C1N2c2ccccc2C2(C)CC12C. The van der Waals surface area contributed by atoms with Gasteiger partial charge in [0.2, 0.25) is 0 Å². The molecule has 0 saturated heterocycles. The van der Waals surface area contributed by atoms with Gasteiger partial charge in [-0.2, -0.15) is 0 Å². The molecule has 1 aromatic heterocycles. The smallest absolute Gasteiger partial charge is 0.161 e. The van der Waals surface area contributed by atoms with Crippen LogP contribution in [0.1, 0.15) is 31.4 Å². The molecule has 0 N–H and O–H groups in total. The highest BCUT2D eigenvalue weighted by Gasteiger charge is 2.72. The monoisotopic (exact) mass is 368 g/mol. The second-order valence-electron chi connectivity index (χ2n) is 9.02. The molecule has 1 saturated carbocycles. The van der Waals surface area contributed by atoms with E-state index >= 15 is 0 Å². The van der Waals surface area contributed by atoms with Crippen molar-refractivity contribution in [1.82, 2.24) is 9.97 Å². The Balaban J connectivity index is 1.56. The van der Waals surface area contributed by atoms with Gasteiger partial charge in [0.15, 0.2) is 11.6 Å². The molecule has 4 heteroatoms. The van der Waals surface area contributed by atoms with Gasteiger partial charge in [-0.1, -0.05) is 56.3 Å². The lowest BCUT2D eigenvalue weighted by molar-refractivity contribution is 0.365. The molecule has 3 unspecified atom stereocenters. The zero-order chi connectivity index (χ0) is 19.3. The fourth-order valence-electron chi connectivity index (χ4n) is 5.76. The summed E-state index contributed by atoms with van der Waals surface area (Å²) in [5.41, 5.74) is 6.63. The number of aryl methyl sites for hydroxylation is 1. The van der Waals surface area contributed by atoms with Crippen LogP contribution in [0.15, 0.2) is 54.7 Å². The van der Waals surface area contributed by atoms with E-state index in [0.717, 1.165) is 22.9 Å². The molecular formula is C24H24N4. The first-order chi connectivity index (χ1) is 13.5. The molecule has 4 nitrogen and oxygen atoms in total. The highest BCUT2D eigenvalue weighted by atomic mass is 15.5. The molecule has 2 aliphatic heterocycles. The normalized spacial score (nSPS) is 29.1. The number of hydrogen-bond donors (Lipinski definition) is 0. The van der Waals surface area contributed by atoms with Crippen molar-refractivity contribution < 1.29 is 0 Å². The number of rotatable bonds is 1. The van der Waals surface area contributed by atoms with E-state index in [-0.39, 0.29) is 17.0 Å². The van der Waals surface area contributed by atoms with Gasteiger partial charge >= 0.3 is 0 Å². The Morgan fingerprint density at radius 1 is 1.00 bits per heavy atom. The topological polar surface area (TPSA) is 32.3 Å². The van der Waals surface area contributed by atoms with Crippen molar-refractivity contribution in [1.29, 1.82) is 0 Å². The number of fused-ring (bicyclic) bond motifs is 8. The van der Waals surface area contributed by atoms with Gasteiger partial charge < -0.3 is 9.80 Å². The Bertz CT molecular complexity index is 1140. The van der Waals surface area contributed by atoms with E-state index in [1.165, 1.54) is 23.2 Å². The van der Waals surface area contributed by atoms with Crippen LogP contribution in [0.2, 0.25) is 0 Å². The summed E-state index contributed by atoms with van der Waals surface area (Å²) >= 11 is 0. The molecule has 3 atom stereocenters. The first kappa shape index (κ1) is 16.1. The van der Waals surface area contributed by atoms with Crippen LogP contribution < -0.4 is 9.80 Å². The number of benzene rings is 2. The predicted octanol–water partition coefficient (Wildman–Crippen LogP) is 5.05. The molecular weight excluding hydrogens is 344 g/mol. The summed E-state index contributed by atoms with van der Waals surface area (Å²) in [5.74, 6) is 1.84. The van der Waals surface area contributed by atoms with Gasteiger partial charge in [-0.25, -0.2) is 9.97 Å². The van der Waals surface area contributed by atoms with Gasteiger partial charge in [-0.15, -0.1) is 0 Å². The highest BCUT2D eigenvalue weighted by Crippen LogP contribution is 2.74. The second kappa shape index (κ2) is 4.93. The van der Waals surface area contributed by atoms with Gasteiger partial charge in [0.05, 0.1) is 6.20 Å². The quantitative estimate of drug-likeness (QED) is 0.602. The van der Waals surface area contributed by atoms with Crippen LogP contribution in [-0.2, 0) is 5.41 Å². The maximum atomic E-state index is 5.04. The zero-order valence-electron chi connectivity index (χ0n) is 16.8. The first-order valence-electron chi connectivity index (χ1n) is 10.0. The van der Waals surface area contributed by atoms with Gasteiger partial charge in [-0.3, -0.25) is 0 Å². The van der Waals surface area contributed by atoms with E-state index in [1.54, 1.807) is 0 Å². The Morgan fingerprint density at radius 2 is 1.75 bits per heavy atom. The van der Waals surface area contributed by atoms with E-state index < -0.39 is 0 Å². The maximum Gasteiger partial charge on any atom is 0.161 e. The predicted molar refractivity (Wildman–Crippen MR) is 113 cm³/mol. The molecule has 1 fully saturated rings. The number of para-hydroxylation sites is 1. The summed E-state index contributed by atoms with van der Waals surface area (Å²) < 4.78 is 0. The van der Waals surface area contributed by atoms with Crippen LogP contribution in [0, 0.1) is 12.3 Å². The summed E-state index contributed by atoms with van der Waals surface area (Å²) in [6.07, 6.45) is 3.50. The Kier molecular flexibility index (Phi) is 2.84. The number of nitrogens with zero attached hydrogens (tertiary/aromatic N) is 4. The third-order valence-corrected chi connectivity index (χ3v) is 7.53. The average Bonchev–Trinajstić information content (AvgIpc) is 3.17. The van der Waals surface area contributed by atoms with E-state index in [2.05, 4.69) is 86.1 Å². The summed E-state index contributed by atoms with van der Waals surface area (Å²) in [4.78, 5) is 14.7. The lowest BCUT2D eigenvalue weighted by atomic mass is 9.81. The van der Waals surface area contributed by atoms with Crippen molar-refractivity contribution in [2.75, 3.05) is 16.8 Å². The first-order valence-corrected chi connectivity index (χ1v) is 10.0. The fraction of sp³-hybridized carbons (Fsp3) is 0.333. The van der Waals surface area contributed by atoms with E-state index in [9.17, 15) is 0 Å². The molecule has 3 heterocycles. The van der Waals surface area contributed by atoms with Crippen molar-refractivity contribution in [2.45, 2.75) is 38.8 Å². The second-order valence-corrected chi connectivity index (χ2v) is 9.02. The van der Waals surface area contributed by atoms with Crippen molar-refractivity contribution in [3.05, 3.63) is 65.9 Å². The molecule has 1 aliphatic carbocycles. The van der Waals surface area contributed by atoms with Gasteiger partial charge in [0.25, 0.3) is 0 Å². The standard InChI is InChI=1S/C24H24N4/c1-15-9-5-6-10-16(15)20-25-13-19-21(26-20)27(4)22-24(3)14-23(24,2)17-11-7-8-12-18(17)28(19)22/h5-13,22H,14H2,1-4H3. The molecule has 140 valence electrons. The Morgan fingerprint density at radius 3 is 2.57 bits per heavy atom. The molecule has 0 spiro atoms. The fourth-order valence-corrected chi connectivity index (χ4v) is 5.76. The highest BCUT2D eigenvalue weighted by molar-refractivity contribution is 5.86. The minimum absolute atomic E-state index is 0.208. The van der Waals surface area contributed by atoms with Crippen molar-refractivity contribution >= 4 is 17.2 Å². The van der Waals surface area contributed by atoms with E-state index in [0.29, 0.717) is 0 Å². The Labute approximate surface area is 165 Å². The minimum Gasteiger partial charge on any atom is -0.336 e. The third-order valence-electron chi connectivity index (χ3n) is 7.53. The largest absolute Gasteiger partial charge is 0.336 e. The van der Waals surface area contributed by atoms with Crippen LogP contribution in [0.3, 0.4) is 0 Å². The number of hydrogen-bond acceptors (Lipinski definition) is 4. The van der Waals surface area contributed by atoms with Crippen LogP contribution in [0.25, 0.3) is 11.4 Å². The summed E-state index contributed by atoms with van der Waals surface area (Å²) in [6, 6.07) is 17.2. The van der Waals surface area contributed by atoms with E-state index in [1.807, 2.05) is 6.20 Å². The zero-order valence-corrected chi connectivity index (χ0v) is 16.8. The van der Waals surface area contributed by atoms with Gasteiger partial charge in [0.1, 0.15) is 11.9 Å². The molecule has 0 amide bonds. The lowest BCUT2D eigenvalue weighted by Crippen LogP contribution is -2.50. The van der Waals surface area contributed by atoms with Crippen LogP contribution >= 0.6 is 0 Å². The third kappa shape index (κ3) is 1.72. The van der Waals surface area contributed by atoms with Crippen molar-refractivity contribution in [3.8, 4) is 11.4 Å². The van der Waals surface area contributed by atoms with Crippen molar-refractivity contribution in [2.24, 2.45) is 5.41 Å². The van der Waals surface area contributed by atoms with Gasteiger partial charge in [0, 0.05) is 29.1 Å². The van der Waals surface area contributed by atoms with Crippen LogP contribution in [-0.4, -0.2) is 23.2 Å². The van der Waals surface area contributed by atoms with Gasteiger partial charge in [-0.05, 0) is 30.5 Å². The molecule has 2 aromatic carbocycles. The number of anilines is 3. The molecule has 3 aliphatic rings. The minimum atomic E-state index is 0.208. The average molecular weight is 368 g/mol.